The van der Waals surface area contributed by atoms with Crippen molar-refractivity contribution < 1.29 is 14.3 Å². The molecule has 31 heavy (non-hydrogen) atoms. The molecule has 0 saturated heterocycles. The lowest BCUT2D eigenvalue weighted by molar-refractivity contribution is 0.0541. The van der Waals surface area contributed by atoms with Crippen LogP contribution in [0.4, 0.5) is 10.5 Å². The number of carbonyl (C=O) groups is 2. The molecular formula is C22H26N4O3S2. The van der Waals surface area contributed by atoms with Crippen LogP contribution in [0.2, 0.25) is 0 Å². The highest BCUT2D eigenvalue weighted by molar-refractivity contribution is 8.22. The van der Waals surface area contributed by atoms with Gasteiger partial charge in [-0.05, 0) is 74.4 Å². The zero-order chi connectivity index (χ0) is 22.3. The topological polar surface area (TPSA) is 92.4 Å². The summed E-state index contributed by atoms with van der Waals surface area (Å²) in [5.41, 5.74) is 6.83. The molecule has 1 aliphatic heterocycles. The third-order valence-corrected chi connectivity index (χ3v) is 7.10. The predicted molar refractivity (Wildman–Crippen MR) is 127 cm³/mol. The molecule has 164 valence electrons. The molecule has 3 rings (SSSR count). The van der Waals surface area contributed by atoms with Crippen molar-refractivity contribution >= 4 is 41.2 Å². The largest absolute Gasteiger partial charge is 0.443 e. The highest BCUT2D eigenvalue weighted by Crippen LogP contribution is 2.54. The predicted octanol–water partition coefficient (Wildman–Crippen LogP) is 4.86. The molecule has 2 aromatic rings. The number of nitrogens with one attached hydrogen (secondary N) is 3. The summed E-state index contributed by atoms with van der Waals surface area (Å²) in [7, 11) is 0. The summed E-state index contributed by atoms with van der Waals surface area (Å²) in [5, 5.41) is 7.12. The van der Waals surface area contributed by atoms with E-state index in [0.29, 0.717) is 17.8 Å². The van der Waals surface area contributed by atoms with Gasteiger partial charge in [0.1, 0.15) is 9.68 Å². The number of carbonyl (C=O) groups excluding carboxylic acids is 2. The van der Waals surface area contributed by atoms with Crippen LogP contribution in [0.15, 0.2) is 59.5 Å². The Balaban J connectivity index is 1.49. The van der Waals surface area contributed by atoms with Crippen LogP contribution < -0.4 is 16.2 Å². The minimum absolute atomic E-state index is 0.149. The second-order valence-corrected chi connectivity index (χ2v) is 10.5. The molecule has 3 N–H and O–H groups in total. The number of aromatic nitrogens is 1. The van der Waals surface area contributed by atoms with E-state index in [1.807, 2.05) is 18.2 Å². The zero-order valence-electron chi connectivity index (χ0n) is 17.7. The average Bonchev–Trinajstić information content (AvgIpc) is 3.22. The van der Waals surface area contributed by atoms with Crippen LogP contribution in [-0.4, -0.2) is 29.1 Å². The van der Waals surface area contributed by atoms with Crippen LogP contribution in [0.3, 0.4) is 0 Å². The number of benzene rings is 1. The standard InChI is InChI=1S/C22H26N4O3S2/c1-21(2,3)29-20(28)26-25-17-9-7-16(8-10-17)19(27)24-13-11-22(30-14-15-31-22)18-6-4-5-12-23-18/h4-10,12,14-15,25H,11,13H2,1-3H3,(H,24,27)(H,26,28). The average molecular weight is 459 g/mol. The van der Waals surface area contributed by atoms with Crippen molar-refractivity contribution in [2.75, 3.05) is 12.0 Å². The molecule has 0 unspecified atom stereocenters. The zero-order valence-corrected chi connectivity index (χ0v) is 19.3. The van der Waals surface area contributed by atoms with Gasteiger partial charge in [-0.15, -0.1) is 23.5 Å². The van der Waals surface area contributed by atoms with Gasteiger partial charge in [-0.3, -0.25) is 15.2 Å². The van der Waals surface area contributed by atoms with E-state index in [1.165, 1.54) is 0 Å². The van der Waals surface area contributed by atoms with E-state index in [1.54, 1.807) is 74.8 Å². The molecule has 0 bridgehead atoms. The van der Waals surface area contributed by atoms with Crippen molar-refractivity contribution in [1.82, 2.24) is 15.7 Å². The van der Waals surface area contributed by atoms with E-state index in [4.69, 9.17) is 4.74 Å². The van der Waals surface area contributed by atoms with Crippen molar-refractivity contribution in [2.24, 2.45) is 0 Å². The quantitative estimate of drug-likeness (QED) is 0.510. The van der Waals surface area contributed by atoms with Crippen molar-refractivity contribution in [3.63, 3.8) is 0 Å². The number of hydrogen-bond donors (Lipinski definition) is 3. The minimum atomic E-state index is -0.576. The van der Waals surface area contributed by atoms with E-state index in [2.05, 4.69) is 32.0 Å². The first-order valence-electron chi connectivity index (χ1n) is 9.83. The van der Waals surface area contributed by atoms with Gasteiger partial charge in [0.05, 0.1) is 11.4 Å². The van der Waals surface area contributed by atoms with E-state index < -0.39 is 11.7 Å². The number of hydrazine groups is 1. The molecule has 2 heterocycles. The fourth-order valence-corrected chi connectivity index (χ4v) is 5.19. The van der Waals surface area contributed by atoms with Gasteiger partial charge >= 0.3 is 6.09 Å². The van der Waals surface area contributed by atoms with Crippen molar-refractivity contribution in [3.8, 4) is 0 Å². The van der Waals surface area contributed by atoms with Crippen LogP contribution in [-0.2, 0) is 8.82 Å². The number of pyridine rings is 1. The smallest absolute Gasteiger partial charge is 0.426 e. The Hall–Kier alpha value is -2.65. The Kier molecular flexibility index (Phi) is 7.50. The number of amides is 2. The van der Waals surface area contributed by atoms with Gasteiger partial charge in [-0.1, -0.05) is 6.07 Å². The summed E-state index contributed by atoms with van der Waals surface area (Å²) in [5.74, 6) is -0.149. The molecule has 2 amide bonds. The highest BCUT2D eigenvalue weighted by Gasteiger charge is 2.36. The van der Waals surface area contributed by atoms with Gasteiger partial charge in [-0.2, -0.15) is 0 Å². The Labute approximate surface area is 190 Å². The lowest BCUT2D eigenvalue weighted by Gasteiger charge is -2.26. The number of hydrogen-bond acceptors (Lipinski definition) is 7. The summed E-state index contributed by atoms with van der Waals surface area (Å²) in [6.45, 7) is 5.90. The van der Waals surface area contributed by atoms with Crippen LogP contribution in [0.5, 0.6) is 0 Å². The second-order valence-electron chi connectivity index (χ2n) is 7.81. The van der Waals surface area contributed by atoms with Gasteiger partial charge in [0.25, 0.3) is 5.91 Å². The lowest BCUT2D eigenvalue weighted by atomic mass is 10.1. The number of anilines is 1. The van der Waals surface area contributed by atoms with Crippen LogP contribution >= 0.6 is 23.5 Å². The van der Waals surface area contributed by atoms with Crippen molar-refractivity contribution in [3.05, 3.63) is 70.7 Å². The molecule has 1 aromatic carbocycles. The van der Waals surface area contributed by atoms with Gasteiger partial charge in [0.15, 0.2) is 0 Å². The first-order valence-corrected chi connectivity index (χ1v) is 11.6. The van der Waals surface area contributed by atoms with Gasteiger partial charge in [0.2, 0.25) is 0 Å². The monoisotopic (exact) mass is 458 g/mol. The van der Waals surface area contributed by atoms with Crippen molar-refractivity contribution in [2.45, 2.75) is 36.9 Å². The Morgan fingerprint density at radius 1 is 1.06 bits per heavy atom. The summed E-state index contributed by atoms with van der Waals surface area (Å²) in [6, 6.07) is 12.7. The number of rotatable bonds is 7. The van der Waals surface area contributed by atoms with Gasteiger partial charge in [0, 0.05) is 18.3 Å². The van der Waals surface area contributed by atoms with E-state index in [-0.39, 0.29) is 9.99 Å². The Morgan fingerprint density at radius 2 is 1.77 bits per heavy atom. The van der Waals surface area contributed by atoms with Gasteiger partial charge in [-0.25, -0.2) is 10.2 Å². The van der Waals surface area contributed by atoms with Crippen LogP contribution in [0, 0.1) is 0 Å². The number of ether oxygens (including phenoxy) is 1. The molecule has 0 spiro atoms. The lowest BCUT2D eigenvalue weighted by Crippen LogP contribution is -2.35. The maximum atomic E-state index is 12.5. The highest BCUT2D eigenvalue weighted by atomic mass is 32.2. The molecule has 0 aliphatic carbocycles. The fourth-order valence-electron chi connectivity index (χ4n) is 2.83. The Bertz CT molecular complexity index is 920. The van der Waals surface area contributed by atoms with Crippen molar-refractivity contribution in [1.29, 1.82) is 0 Å². The number of thioether (sulfide) groups is 2. The van der Waals surface area contributed by atoms with Gasteiger partial charge < -0.3 is 10.1 Å². The third kappa shape index (κ3) is 6.67. The molecule has 9 heteroatoms. The molecule has 7 nitrogen and oxygen atoms in total. The summed E-state index contributed by atoms with van der Waals surface area (Å²) in [6.07, 6.45) is 1.97. The van der Waals surface area contributed by atoms with E-state index in [0.717, 1.165) is 12.1 Å². The van der Waals surface area contributed by atoms with E-state index in [9.17, 15) is 9.59 Å². The summed E-state index contributed by atoms with van der Waals surface area (Å²) in [4.78, 5) is 28.7. The fraction of sp³-hybridized carbons (Fsp3) is 0.318. The molecule has 1 aromatic heterocycles. The molecule has 0 fully saturated rings. The maximum absolute atomic E-state index is 12.5. The maximum Gasteiger partial charge on any atom is 0.426 e. The third-order valence-electron chi connectivity index (χ3n) is 4.22. The SMILES string of the molecule is CC(C)(C)OC(=O)NNc1ccc(C(=O)NCCC2(c3ccccn3)SC=CS2)cc1. The van der Waals surface area contributed by atoms with Crippen LogP contribution in [0.25, 0.3) is 0 Å². The van der Waals surface area contributed by atoms with Crippen LogP contribution in [0.1, 0.15) is 43.2 Å². The molecular weight excluding hydrogens is 432 g/mol. The molecule has 0 radical (unpaired) electrons. The molecule has 0 saturated carbocycles. The second kappa shape index (κ2) is 10.1. The molecule has 1 aliphatic rings. The number of nitrogens with zero attached hydrogens (tertiary/aromatic N) is 1. The normalized spacial score (nSPS) is 14.7. The minimum Gasteiger partial charge on any atom is -0.443 e. The Morgan fingerprint density at radius 3 is 2.39 bits per heavy atom. The first-order chi connectivity index (χ1) is 14.8. The van der Waals surface area contributed by atoms with E-state index >= 15 is 0 Å². The summed E-state index contributed by atoms with van der Waals surface area (Å²) >= 11 is 3.44. The first kappa shape index (κ1) is 23.0. The summed E-state index contributed by atoms with van der Waals surface area (Å²) < 4.78 is 4.95. The molecule has 0 atom stereocenters.